The van der Waals surface area contributed by atoms with Gasteiger partial charge < -0.3 is 4.52 Å². The molecule has 116 valence electrons. The summed E-state index contributed by atoms with van der Waals surface area (Å²) in [5.74, 6) is -1.49. The molecule has 0 saturated carbocycles. The molecule has 0 aliphatic carbocycles. The topological polar surface area (TPSA) is 75.1 Å². The molecule has 0 spiro atoms. The van der Waals surface area contributed by atoms with E-state index in [9.17, 15) is 13.2 Å². The van der Waals surface area contributed by atoms with E-state index in [1.807, 2.05) is 13.2 Å². The van der Waals surface area contributed by atoms with Crippen molar-refractivity contribution in [3.8, 4) is 17.6 Å². The second-order valence-electron chi connectivity index (χ2n) is 4.40. The summed E-state index contributed by atoms with van der Waals surface area (Å²) < 4.78 is 45.2. The molecule has 22 heavy (non-hydrogen) atoms. The molecule has 2 aromatic rings. The van der Waals surface area contributed by atoms with Gasteiger partial charge in [0.05, 0.1) is 0 Å². The zero-order chi connectivity index (χ0) is 16.3. The molecule has 0 radical (unpaired) electrons. The van der Waals surface area contributed by atoms with E-state index >= 15 is 0 Å². The highest BCUT2D eigenvalue weighted by Gasteiger charge is 2.38. The Morgan fingerprint density at radius 1 is 1.32 bits per heavy atom. The van der Waals surface area contributed by atoms with Crippen LogP contribution in [0.5, 0.6) is 0 Å². The lowest BCUT2D eigenvalue weighted by molar-refractivity contribution is -0.159. The van der Waals surface area contributed by atoms with Crippen molar-refractivity contribution in [3.63, 3.8) is 0 Å². The molecule has 0 aliphatic rings. The van der Waals surface area contributed by atoms with E-state index in [2.05, 4.69) is 19.0 Å². The van der Waals surface area contributed by atoms with Crippen LogP contribution in [-0.4, -0.2) is 16.4 Å². The van der Waals surface area contributed by atoms with Crippen LogP contribution in [-0.2, 0) is 16.9 Å². The number of halogens is 3. The maximum absolute atomic E-state index is 12.4. The van der Waals surface area contributed by atoms with Crippen LogP contribution in [0.1, 0.15) is 23.6 Å². The van der Waals surface area contributed by atoms with Crippen LogP contribution in [0.15, 0.2) is 33.2 Å². The Hall–Kier alpha value is -2.21. The fraction of sp³-hybridized carbons (Fsp3) is 0.308. The van der Waals surface area contributed by atoms with Gasteiger partial charge in [0.1, 0.15) is 0 Å². The van der Waals surface area contributed by atoms with Crippen molar-refractivity contribution in [2.24, 2.45) is 4.36 Å². The Morgan fingerprint density at radius 3 is 2.45 bits per heavy atom. The number of benzene rings is 1. The van der Waals surface area contributed by atoms with Crippen LogP contribution >= 0.6 is 0 Å². The maximum atomic E-state index is 12.4. The second-order valence-corrected chi connectivity index (χ2v) is 6.34. The van der Waals surface area contributed by atoms with Gasteiger partial charge in [-0.1, -0.05) is 40.1 Å². The normalized spacial score (nSPS) is 14.5. The largest absolute Gasteiger partial charge is 0.471 e. The summed E-state index contributed by atoms with van der Waals surface area (Å²) in [7, 11) is -0.459. The van der Waals surface area contributed by atoms with Gasteiger partial charge in [-0.3, -0.25) is 0 Å². The van der Waals surface area contributed by atoms with E-state index in [1.165, 1.54) is 0 Å². The van der Waals surface area contributed by atoms with Gasteiger partial charge in [-0.2, -0.15) is 27.8 Å². The third-order valence-electron chi connectivity index (χ3n) is 3.00. The molecule has 0 N–H and O–H groups in total. The van der Waals surface area contributed by atoms with E-state index in [0.29, 0.717) is 5.56 Å². The third kappa shape index (κ3) is 3.51. The molecule has 2 atom stereocenters. The summed E-state index contributed by atoms with van der Waals surface area (Å²) in [6.45, 7) is 1.93. The summed E-state index contributed by atoms with van der Waals surface area (Å²) in [6.07, 6.45) is -1.04. The predicted octanol–water partition coefficient (Wildman–Crippen LogP) is 3.73. The molecular formula is C13H11F3N4OS. The van der Waals surface area contributed by atoms with Crippen LogP contribution < -0.4 is 0 Å². The Bertz CT molecular complexity index is 731. The lowest BCUT2D eigenvalue weighted by Crippen LogP contribution is -2.04. The van der Waals surface area contributed by atoms with E-state index in [-0.39, 0.29) is 11.1 Å². The van der Waals surface area contributed by atoms with Gasteiger partial charge in [0, 0.05) is 10.8 Å². The molecule has 1 aromatic heterocycles. The van der Waals surface area contributed by atoms with Crippen LogP contribution in [0.25, 0.3) is 11.4 Å². The summed E-state index contributed by atoms with van der Waals surface area (Å²) >= 11 is 0. The molecule has 0 saturated heterocycles. The maximum Gasteiger partial charge on any atom is 0.471 e. The number of hydrogen-bond acceptors (Lipinski definition) is 5. The van der Waals surface area contributed by atoms with Gasteiger partial charge in [0.2, 0.25) is 12.0 Å². The van der Waals surface area contributed by atoms with Crippen molar-refractivity contribution in [3.05, 3.63) is 35.7 Å². The number of alkyl halides is 3. The van der Waals surface area contributed by atoms with Gasteiger partial charge in [0.25, 0.3) is 0 Å². The first-order valence-electron chi connectivity index (χ1n) is 6.09. The molecule has 0 aliphatic heterocycles. The first kappa shape index (κ1) is 16.2. The Balaban J connectivity index is 2.24. The average Bonchev–Trinajstić information content (AvgIpc) is 2.97. The number of rotatable bonds is 3. The van der Waals surface area contributed by atoms with E-state index in [4.69, 9.17) is 5.26 Å². The van der Waals surface area contributed by atoms with Gasteiger partial charge in [-0.25, -0.2) is 0 Å². The predicted molar refractivity (Wildman–Crippen MR) is 74.5 cm³/mol. The average molecular weight is 328 g/mol. The van der Waals surface area contributed by atoms with Crippen LogP contribution in [0.3, 0.4) is 0 Å². The molecule has 9 heteroatoms. The Labute approximate surface area is 126 Å². The van der Waals surface area contributed by atoms with E-state index < -0.39 is 22.8 Å². The fourth-order valence-corrected chi connectivity index (χ4v) is 2.54. The van der Waals surface area contributed by atoms with Crippen molar-refractivity contribution in [1.29, 1.82) is 5.26 Å². The molecule has 0 fully saturated rings. The molecule has 5 nitrogen and oxygen atoms in total. The number of nitriles is 1. The zero-order valence-corrected chi connectivity index (χ0v) is 12.4. The van der Waals surface area contributed by atoms with Crippen molar-refractivity contribution in [1.82, 2.24) is 10.1 Å². The Morgan fingerprint density at radius 2 is 1.95 bits per heavy atom. The summed E-state index contributed by atoms with van der Waals surface area (Å²) in [4.78, 5) is 3.33. The van der Waals surface area contributed by atoms with E-state index in [0.717, 1.165) is 5.56 Å². The number of nitrogens with zero attached hydrogens (tertiary/aromatic N) is 4. The van der Waals surface area contributed by atoms with Crippen LogP contribution in [0.2, 0.25) is 0 Å². The van der Waals surface area contributed by atoms with Gasteiger partial charge in [0.15, 0.2) is 0 Å². The van der Waals surface area contributed by atoms with Gasteiger partial charge in [-0.15, -0.1) is 0 Å². The first-order valence-corrected chi connectivity index (χ1v) is 7.74. The lowest BCUT2D eigenvalue weighted by Gasteiger charge is -2.11. The molecule has 2 unspecified atom stereocenters. The highest BCUT2D eigenvalue weighted by molar-refractivity contribution is 7.86. The fourth-order valence-electron chi connectivity index (χ4n) is 1.70. The SMILES string of the molecule is CC(c1ccc(-c2noc(C(F)(F)F)n2)cc1)S(C)=NC#N. The van der Waals surface area contributed by atoms with Crippen molar-refractivity contribution in [2.45, 2.75) is 18.3 Å². The highest BCUT2D eigenvalue weighted by atomic mass is 32.2. The van der Waals surface area contributed by atoms with Gasteiger partial charge in [-0.05, 0) is 18.7 Å². The minimum absolute atomic E-state index is 0.0321. The third-order valence-corrected chi connectivity index (χ3v) is 4.67. The molecule has 1 aromatic carbocycles. The standard InChI is InChI=1S/C13H11F3N4OS/c1-8(22(2)18-7-17)9-3-5-10(6-4-9)11-19-12(21-20-11)13(14,15)16/h3-6,8H,1-2H3. The minimum Gasteiger partial charge on any atom is -0.329 e. The summed E-state index contributed by atoms with van der Waals surface area (Å²) in [5.41, 5.74) is 1.34. The summed E-state index contributed by atoms with van der Waals surface area (Å²) in [6, 6.07) is 6.72. The molecule has 1 heterocycles. The monoisotopic (exact) mass is 328 g/mol. The van der Waals surface area contributed by atoms with Gasteiger partial charge >= 0.3 is 12.1 Å². The van der Waals surface area contributed by atoms with E-state index in [1.54, 1.807) is 30.5 Å². The highest BCUT2D eigenvalue weighted by Crippen LogP contribution is 2.30. The van der Waals surface area contributed by atoms with Crippen molar-refractivity contribution in [2.75, 3.05) is 6.26 Å². The Kier molecular flexibility index (Phi) is 4.61. The molecule has 0 amide bonds. The van der Waals surface area contributed by atoms with Crippen molar-refractivity contribution < 1.29 is 17.7 Å². The molecule has 2 rings (SSSR count). The quantitative estimate of drug-likeness (QED) is 0.805. The number of hydrogen-bond donors (Lipinski definition) is 0. The van der Waals surface area contributed by atoms with Crippen molar-refractivity contribution >= 4 is 10.7 Å². The second kappa shape index (κ2) is 6.27. The van der Waals surface area contributed by atoms with Crippen LogP contribution in [0.4, 0.5) is 13.2 Å². The number of aromatic nitrogens is 2. The molecular weight excluding hydrogens is 317 g/mol. The minimum atomic E-state index is -4.66. The molecule has 0 bridgehead atoms. The smallest absolute Gasteiger partial charge is 0.329 e. The lowest BCUT2D eigenvalue weighted by atomic mass is 10.1. The van der Waals surface area contributed by atoms with Crippen LogP contribution in [0, 0.1) is 11.5 Å². The zero-order valence-electron chi connectivity index (χ0n) is 11.6. The first-order chi connectivity index (χ1) is 10.3. The summed E-state index contributed by atoms with van der Waals surface area (Å²) in [5, 5.41) is 11.9.